The third kappa shape index (κ3) is 7.56. The lowest BCUT2D eigenvalue weighted by atomic mass is 10.1. The molecule has 3 atom stereocenters. The van der Waals surface area contributed by atoms with Gasteiger partial charge >= 0.3 is 5.97 Å². The Hall–Kier alpha value is -1.88. The second-order valence-electron chi connectivity index (χ2n) is 5.14. The summed E-state index contributed by atoms with van der Waals surface area (Å²) >= 11 is 0. The van der Waals surface area contributed by atoms with Gasteiger partial charge in [-0.25, -0.2) is 18.0 Å². The van der Waals surface area contributed by atoms with Gasteiger partial charge in [-0.2, -0.15) is 12.8 Å². The Balaban J connectivity index is 2.80. The van der Waals surface area contributed by atoms with Gasteiger partial charge in [0.05, 0.1) is 12.9 Å². The second kappa shape index (κ2) is 9.72. The number of halogens is 4. The minimum Gasteiger partial charge on any atom is -0.464 e. The average Bonchev–Trinajstić information content (AvgIpc) is 2.54. The van der Waals surface area contributed by atoms with Gasteiger partial charge in [-0.15, -0.1) is 0 Å². The third-order valence-electron chi connectivity index (χ3n) is 2.92. The molecule has 0 fully saturated rings. The van der Waals surface area contributed by atoms with Crippen LogP contribution in [-0.4, -0.2) is 52.3 Å². The molecule has 26 heavy (non-hydrogen) atoms. The predicted octanol–water partition coefficient (Wildman–Crippen LogP) is 2.41. The highest BCUT2D eigenvalue weighted by Crippen LogP contribution is 2.21. The summed E-state index contributed by atoms with van der Waals surface area (Å²) in [6.07, 6.45) is -10.3. The standard InChI is InChI=1S/C15H18F4O6S/c1-3-23-15(20)11(25-26(2,21)22)8-9-4-6-10(7-5-9)24-14(19)12(16)13(17)18/h4-7,11-14H,3,8H2,1-2H3. The maximum atomic E-state index is 13.2. The van der Waals surface area contributed by atoms with E-state index in [0.29, 0.717) is 5.56 Å². The molecule has 0 radical (unpaired) electrons. The molecule has 0 aromatic heterocycles. The first kappa shape index (κ1) is 22.2. The van der Waals surface area contributed by atoms with Crippen molar-refractivity contribution in [3.8, 4) is 5.75 Å². The smallest absolute Gasteiger partial charge is 0.337 e. The summed E-state index contributed by atoms with van der Waals surface area (Å²) in [7, 11) is -3.94. The molecule has 0 saturated carbocycles. The van der Waals surface area contributed by atoms with Crippen molar-refractivity contribution >= 4 is 16.1 Å². The van der Waals surface area contributed by atoms with Crippen molar-refractivity contribution in [1.29, 1.82) is 0 Å². The number of benzene rings is 1. The quantitative estimate of drug-likeness (QED) is 0.340. The maximum Gasteiger partial charge on any atom is 0.337 e. The van der Waals surface area contributed by atoms with Gasteiger partial charge in [0, 0.05) is 6.42 Å². The summed E-state index contributed by atoms with van der Waals surface area (Å²) in [4.78, 5) is 11.8. The molecule has 0 bridgehead atoms. The van der Waals surface area contributed by atoms with Gasteiger partial charge in [0.2, 0.25) is 6.17 Å². The van der Waals surface area contributed by atoms with Crippen molar-refractivity contribution < 1.29 is 44.4 Å². The Kier molecular flexibility index (Phi) is 8.28. The van der Waals surface area contributed by atoms with Crippen LogP contribution in [0.3, 0.4) is 0 Å². The van der Waals surface area contributed by atoms with Crippen LogP contribution in [0.25, 0.3) is 0 Å². The van der Waals surface area contributed by atoms with Gasteiger partial charge in [-0.3, -0.25) is 4.18 Å². The maximum absolute atomic E-state index is 13.2. The van der Waals surface area contributed by atoms with Crippen LogP contribution in [0.15, 0.2) is 24.3 Å². The number of hydrogen-bond donors (Lipinski definition) is 0. The Morgan fingerprint density at radius 3 is 2.15 bits per heavy atom. The molecule has 1 aromatic carbocycles. The van der Waals surface area contributed by atoms with E-state index in [-0.39, 0.29) is 18.8 Å². The zero-order valence-electron chi connectivity index (χ0n) is 13.9. The Labute approximate surface area is 148 Å². The van der Waals surface area contributed by atoms with E-state index in [2.05, 4.69) is 8.92 Å². The average molecular weight is 402 g/mol. The normalized spacial score (nSPS) is 15.3. The minimum absolute atomic E-state index is 0.0155. The van der Waals surface area contributed by atoms with E-state index in [4.69, 9.17) is 4.74 Å². The van der Waals surface area contributed by atoms with Crippen LogP contribution in [0.2, 0.25) is 0 Å². The molecular weight excluding hydrogens is 384 g/mol. The third-order valence-corrected chi connectivity index (χ3v) is 3.51. The van der Waals surface area contributed by atoms with Crippen LogP contribution in [0.4, 0.5) is 17.6 Å². The lowest BCUT2D eigenvalue weighted by molar-refractivity contribution is -0.151. The predicted molar refractivity (Wildman–Crippen MR) is 82.9 cm³/mol. The Bertz CT molecular complexity index is 680. The van der Waals surface area contributed by atoms with Crippen LogP contribution in [0.5, 0.6) is 5.75 Å². The highest BCUT2D eigenvalue weighted by Gasteiger charge is 2.31. The largest absolute Gasteiger partial charge is 0.464 e. The van der Waals surface area contributed by atoms with Gasteiger partial charge in [0.1, 0.15) is 5.75 Å². The fraction of sp³-hybridized carbons (Fsp3) is 0.533. The molecule has 0 aliphatic carbocycles. The van der Waals surface area contributed by atoms with Crippen molar-refractivity contribution in [2.75, 3.05) is 12.9 Å². The number of hydrogen-bond acceptors (Lipinski definition) is 6. The van der Waals surface area contributed by atoms with Gasteiger partial charge in [-0.05, 0) is 24.6 Å². The van der Waals surface area contributed by atoms with Crippen LogP contribution < -0.4 is 4.74 Å². The molecule has 1 aromatic rings. The summed E-state index contributed by atoms with van der Waals surface area (Å²) in [6, 6.07) is 4.94. The summed E-state index contributed by atoms with van der Waals surface area (Å²) < 4.78 is 86.4. The van der Waals surface area contributed by atoms with Crippen LogP contribution in [0.1, 0.15) is 12.5 Å². The van der Waals surface area contributed by atoms with Crippen molar-refractivity contribution in [3.05, 3.63) is 29.8 Å². The molecule has 6 nitrogen and oxygen atoms in total. The SMILES string of the molecule is CCOC(=O)C(Cc1ccc(OC(F)C(F)C(F)F)cc1)OS(C)(=O)=O. The van der Waals surface area contributed by atoms with Crippen molar-refractivity contribution in [1.82, 2.24) is 0 Å². The first-order chi connectivity index (χ1) is 12.0. The lowest BCUT2D eigenvalue weighted by Gasteiger charge is -2.16. The van der Waals surface area contributed by atoms with Crippen LogP contribution in [-0.2, 0) is 30.3 Å². The molecule has 0 N–H and O–H groups in total. The molecular formula is C15H18F4O6S. The second-order valence-corrected chi connectivity index (χ2v) is 6.74. The van der Waals surface area contributed by atoms with E-state index < -0.39 is 41.1 Å². The lowest BCUT2D eigenvalue weighted by Crippen LogP contribution is -2.31. The van der Waals surface area contributed by atoms with Gasteiger partial charge in [0.15, 0.2) is 6.10 Å². The number of esters is 1. The van der Waals surface area contributed by atoms with E-state index in [1.807, 2.05) is 0 Å². The molecule has 11 heteroatoms. The number of carbonyl (C=O) groups excluding carboxylic acids is 1. The van der Waals surface area contributed by atoms with Crippen LogP contribution in [0, 0.1) is 0 Å². The van der Waals surface area contributed by atoms with E-state index in [1.165, 1.54) is 19.1 Å². The number of rotatable bonds is 10. The molecule has 0 aliphatic rings. The van der Waals surface area contributed by atoms with Gasteiger partial charge < -0.3 is 9.47 Å². The number of alkyl halides is 4. The zero-order chi connectivity index (χ0) is 19.9. The molecule has 0 heterocycles. The fourth-order valence-corrected chi connectivity index (χ4v) is 2.40. The monoisotopic (exact) mass is 402 g/mol. The summed E-state index contributed by atoms with van der Waals surface area (Å²) in [6.45, 7) is 1.55. The summed E-state index contributed by atoms with van der Waals surface area (Å²) in [5, 5.41) is 0. The van der Waals surface area contributed by atoms with Gasteiger partial charge in [-0.1, -0.05) is 12.1 Å². The molecule has 0 amide bonds. The molecule has 148 valence electrons. The van der Waals surface area contributed by atoms with Gasteiger partial charge in [0.25, 0.3) is 22.9 Å². The molecule has 0 spiro atoms. The topological polar surface area (TPSA) is 78.9 Å². The Morgan fingerprint density at radius 2 is 1.69 bits per heavy atom. The Morgan fingerprint density at radius 1 is 1.12 bits per heavy atom. The summed E-state index contributed by atoms with van der Waals surface area (Å²) in [5.74, 6) is -1.11. The minimum atomic E-state index is -3.94. The van der Waals surface area contributed by atoms with E-state index >= 15 is 0 Å². The highest BCUT2D eigenvalue weighted by molar-refractivity contribution is 7.86. The van der Waals surface area contributed by atoms with Crippen LogP contribution >= 0.6 is 0 Å². The van der Waals surface area contributed by atoms with Crippen molar-refractivity contribution in [3.63, 3.8) is 0 Å². The first-order valence-corrected chi connectivity index (χ1v) is 9.22. The van der Waals surface area contributed by atoms with Crippen molar-refractivity contribution in [2.45, 2.75) is 38.4 Å². The van der Waals surface area contributed by atoms with E-state index in [9.17, 15) is 30.8 Å². The molecule has 0 aliphatic heterocycles. The van der Waals surface area contributed by atoms with E-state index in [0.717, 1.165) is 18.4 Å². The highest BCUT2D eigenvalue weighted by atomic mass is 32.2. The fourth-order valence-electron chi connectivity index (χ4n) is 1.83. The van der Waals surface area contributed by atoms with E-state index in [1.54, 1.807) is 0 Å². The first-order valence-electron chi connectivity index (χ1n) is 7.40. The van der Waals surface area contributed by atoms with Crippen molar-refractivity contribution in [2.24, 2.45) is 0 Å². The molecule has 1 rings (SSSR count). The zero-order valence-corrected chi connectivity index (χ0v) is 14.7. The number of carbonyl (C=O) groups is 1. The number of ether oxygens (including phenoxy) is 2. The summed E-state index contributed by atoms with van der Waals surface area (Å²) in [5.41, 5.74) is 0.389. The molecule has 3 unspecified atom stereocenters. The molecule has 0 saturated heterocycles.